The third-order valence-corrected chi connectivity index (χ3v) is 2.96. The first-order valence-corrected chi connectivity index (χ1v) is 8.10. The van der Waals surface area contributed by atoms with Gasteiger partial charge in [0.2, 0.25) is 11.8 Å². The Morgan fingerprint density at radius 3 is 1.77 bits per heavy atom. The van der Waals surface area contributed by atoms with Crippen molar-refractivity contribution in [2.75, 3.05) is 10.6 Å². The Morgan fingerprint density at radius 2 is 1.38 bits per heavy atom. The zero-order chi connectivity index (χ0) is 20.1. The summed E-state index contributed by atoms with van der Waals surface area (Å²) in [6, 6.07) is 4.32. The number of nitrogens with one attached hydrogen (secondary N) is 3. The number of benzene rings is 1. The lowest BCUT2D eigenvalue weighted by Gasteiger charge is -2.23. The Labute approximate surface area is 152 Å². The largest absolute Gasteiger partial charge is 0.449 e. The van der Waals surface area contributed by atoms with Crippen LogP contribution in [0.3, 0.4) is 0 Å². The highest BCUT2D eigenvalue weighted by Crippen LogP contribution is 2.20. The monoisotopic (exact) mass is 363 g/mol. The van der Waals surface area contributed by atoms with Crippen molar-refractivity contribution in [3.8, 4) is 0 Å². The van der Waals surface area contributed by atoms with Gasteiger partial charge in [-0.1, -0.05) is 0 Å². The maximum atomic E-state index is 12.4. The zero-order valence-corrected chi connectivity index (χ0v) is 15.9. The standard InChI is InChI=1S/C18H25N3O5/c1-10(16(24)21-18(4,5)6)26-17(25)13-7-14(19-11(2)22)9-15(8-13)20-12(3)23/h7-10H,1-6H3,(H,19,22)(H,20,23)(H,21,24). The van der Waals surface area contributed by atoms with Crippen LogP contribution < -0.4 is 16.0 Å². The van der Waals surface area contributed by atoms with Gasteiger partial charge in [-0.25, -0.2) is 4.79 Å². The third kappa shape index (κ3) is 7.33. The smallest absolute Gasteiger partial charge is 0.339 e. The molecule has 0 spiro atoms. The Hall–Kier alpha value is -2.90. The van der Waals surface area contributed by atoms with Crippen molar-refractivity contribution in [2.45, 2.75) is 53.2 Å². The maximum Gasteiger partial charge on any atom is 0.339 e. The third-order valence-electron chi connectivity index (χ3n) is 2.96. The van der Waals surface area contributed by atoms with E-state index >= 15 is 0 Å². The first kappa shape index (κ1) is 21.1. The lowest BCUT2D eigenvalue weighted by molar-refractivity contribution is -0.130. The summed E-state index contributed by atoms with van der Waals surface area (Å²) in [5, 5.41) is 7.81. The summed E-state index contributed by atoms with van der Waals surface area (Å²) in [5.74, 6) is -1.84. The normalized spacial score (nSPS) is 11.9. The maximum absolute atomic E-state index is 12.4. The molecule has 1 atom stereocenters. The molecule has 142 valence electrons. The molecule has 8 heteroatoms. The first-order chi connectivity index (χ1) is 11.9. The number of carbonyl (C=O) groups excluding carboxylic acids is 4. The van der Waals surface area contributed by atoms with Gasteiger partial charge in [-0.05, 0) is 45.9 Å². The van der Waals surface area contributed by atoms with Crippen LogP contribution in [-0.4, -0.2) is 35.3 Å². The summed E-state index contributed by atoms with van der Waals surface area (Å²) in [5.41, 5.74) is 0.280. The van der Waals surface area contributed by atoms with Gasteiger partial charge in [-0.3, -0.25) is 14.4 Å². The number of hydrogen-bond donors (Lipinski definition) is 3. The SMILES string of the molecule is CC(=O)Nc1cc(NC(C)=O)cc(C(=O)OC(C)C(=O)NC(C)(C)C)c1. The molecular formula is C18H25N3O5. The molecule has 3 amide bonds. The van der Waals surface area contributed by atoms with E-state index in [4.69, 9.17) is 4.74 Å². The number of carbonyl (C=O) groups is 4. The van der Waals surface area contributed by atoms with E-state index in [1.54, 1.807) is 0 Å². The van der Waals surface area contributed by atoms with Crippen molar-refractivity contribution >= 4 is 35.1 Å². The highest BCUT2D eigenvalue weighted by atomic mass is 16.5. The average Bonchev–Trinajstić information content (AvgIpc) is 2.43. The minimum atomic E-state index is -1.00. The van der Waals surface area contributed by atoms with Crippen molar-refractivity contribution in [2.24, 2.45) is 0 Å². The molecule has 0 aromatic heterocycles. The molecule has 0 aliphatic carbocycles. The second-order valence-electron chi connectivity index (χ2n) is 6.95. The van der Waals surface area contributed by atoms with Gasteiger partial charge >= 0.3 is 5.97 Å². The van der Waals surface area contributed by atoms with Gasteiger partial charge in [0.25, 0.3) is 5.91 Å². The molecule has 1 unspecified atom stereocenters. The predicted molar refractivity (Wildman–Crippen MR) is 97.8 cm³/mol. The second kappa shape index (κ2) is 8.46. The van der Waals surface area contributed by atoms with Crippen LogP contribution in [0, 0.1) is 0 Å². The van der Waals surface area contributed by atoms with Crippen LogP contribution in [0.2, 0.25) is 0 Å². The van der Waals surface area contributed by atoms with Gasteiger partial charge in [-0.2, -0.15) is 0 Å². The van der Waals surface area contributed by atoms with E-state index in [0.29, 0.717) is 11.4 Å². The van der Waals surface area contributed by atoms with E-state index in [2.05, 4.69) is 16.0 Å². The topological polar surface area (TPSA) is 114 Å². The number of anilines is 2. The van der Waals surface area contributed by atoms with E-state index < -0.39 is 23.5 Å². The molecule has 1 aromatic rings. The molecule has 0 heterocycles. The van der Waals surface area contributed by atoms with Crippen LogP contribution >= 0.6 is 0 Å². The minimum absolute atomic E-state index is 0.0930. The Kier molecular flexibility index (Phi) is 6.88. The molecule has 26 heavy (non-hydrogen) atoms. The van der Waals surface area contributed by atoms with Crippen LogP contribution in [-0.2, 0) is 19.1 Å². The van der Waals surface area contributed by atoms with Crippen molar-refractivity contribution < 1.29 is 23.9 Å². The Morgan fingerprint density at radius 1 is 0.923 bits per heavy atom. The zero-order valence-electron chi connectivity index (χ0n) is 15.9. The van der Waals surface area contributed by atoms with Gasteiger partial charge in [0.15, 0.2) is 6.10 Å². The number of esters is 1. The lowest BCUT2D eigenvalue weighted by atomic mass is 10.1. The fraction of sp³-hybridized carbons (Fsp3) is 0.444. The van der Waals surface area contributed by atoms with Gasteiger partial charge in [0.05, 0.1) is 5.56 Å². The van der Waals surface area contributed by atoms with Gasteiger partial charge < -0.3 is 20.7 Å². The lowest BCUT2D eigenvalue weighted by Crippen LogP contribution is -2.46. The van der Waals surface area contributed by atoms with Crippen LogP contribution in [0.15, 0.2) is 18.2 Å². The summed E-state index contributed by atoms with van der Waals surface area (Å²) < 4.78 is 5.19. The number of ether oxygens (including phenoxy) is 1. The van der Waals surface area contributed by atoms with Crippen molar-refractivity contribution in [1.29, 1.82) is 0 Å². The van der Waals surface area contributed by atoms with Crippen LogP contribution in [0.5, 0.6) is 0 Å². The van der Waals surface area contributed by atoms with Crippen LogP contribution in [0.1, 0.15) is 51.9 Å². The summed E-state index contributed by atoms with van der Waals surface area (Å²) in [6.07, 6.45) is -1.00. The van der Waals surface area contributed by atoms with Gasteiger partial charge in [0.1, 0.15) is 0 Å². The fourth-order valence-corrected chi connectivity index (χ4v) is 2.05. The molecule has 0 saturated heterocycles. The second-order valence-corrected chi connectivity index (χ2v) is 6.95. The summed E-state index contributed by atoms with van der Waals surface area (Å²) >= 11 is 0. The average molecular weight is 363 g/mol. The molecule has 0 aliphatic rings. The molecule has 0 fully saturated rings. The molecule has 0 saturated carbocycles. The minimum Gasteiger partial charge on any atom is -0.449 e. The number of hydrogen-bond acceptors (Lipinski definition) is 5. The van der Waals surface area contributed by atoms with Crippen molar-refractivity contribution in [3.05, 3.63) is 23.8 Å². The molecule has 0 radical (unpaired) electrons. The molecule has 3 N–H and O–H groups in total. The van der Waals surface area contributed by atoms with E-state index in [1.807, 2.05) is 20.8 Å². The number of rotatable bonds is 5. The van der Waals surface area contributed by atoms with Crippen LogP contribution in [0.25, 0.3) is 0 Å². The Balaban J connectivity index is 3.00. The predicted octanol–water partition coefficient (Wildman–Crippen LogP) is 2.06. The highest BCUT2D eigenvalue weighted by molar-refractivity contribution is 5.98. The summed E-state index contributed by atoms with van der Waals surface area (Å²) in [4.78, 5) is 46.9. The summed E-state index contributed by atoms with van der Waals surface area (Å²) in [7, 11) is 0. The van der Waals surface area contributed by atoms with E-state index in [-0.39, 0.29) is 17.4 Å². The number of amides is 3. The van der Waals surface area contributed by atoms with Crippen molar-refractivity contribution in [1.82, 2.24) is 5.32 Å². The molecule has 1 aromatic carbocycles. The van der Waals surface area contributed by atoms with Gasteiger partial charge in [0, 0.05) is 30.8 Å². The fourth-order valence-electron chi connectivity index (χ4n) is 2.05. The highest BCUT2D eigenvalue weighted by Gasteiger charge is 2.23. The van der Waals surface area contributed by atoms with Crippen LogP contribution in [0.4, 0.5) is 11.4 Å². The van der Waals surface area contributed by atoms with E-state index in [1.165, 1.54) is 39.0 Å². The first-order valence-electron chi connectivity index (χ1n) is 8.10. The Bertz CT molecular complexity index is 688. The molecule has 1 rings (SSSR count). The quantitative estimate of drug-likeness (QED) is 0.693. The van der Waals surface area contributed by atoms with Crippen molar-refractivity contribution in [3.63, 3.8) is 0 Å². The molecule has 0 aliphatic heterocycles. The molecular weight excluding hydrogens is 338 g/mol. The van der Waals surface area contributed by atoms with Gasteiger partial charge in [-0.15, -0.1) is 0 Å². The molecule has 0 bridgehead atoms. The van der Waals surface area contributed by atoms with E-state index in [0.717, 1.165) is 0 Å². The summed E-state index contributed by atoms with van der Waals surface area (Å²) in [6.45, 7) is 9.55. The van der Waals surface area contributed by atoms with E-state index in [9.17, 15) is 19.2 Å². The molecule has 8 nitrogen and oxygen atoms in total.